The summed E-state index contributed by atoms with van der Waals surface area (Å²) in [6.07, 6.45) is -2.62. The first-order valence-corrected chi connectivity index (χ1v) is 5.97. The third-order valence-corrected chi connectivity index (χ3v) is 3.33. The molecule has 0 spiro atoms. The molecule has 0 N–H and O–H groups in total. The minimum absolute atomic E-state index is 0.0412. The Bertz CT molecular complexity index is 404. The lowest BCUT2D eigenvalue weighted by Gasteiger charge is -2.15. The first-order valence-electron chi connectivity index (χ1n) is 5.16. The molecule has 0 amide bonds. The number of nitrogens with zero attached hydrogens (tertiary/aromatic N) is 1. The molecule has 0 radical (unpaired) electrons. The van der Waals surface area contributed by atoms with Crippen LogP contribution in [0, 0.1) is 5.41 Å². The summed E-state index contributed by atoms with van der Waals surface area (Å²) >= 11 is 0.604. The van der Waals surface area contributed by atoms with E-state index in [1.807, 2.05) is 0 Å². The van der Waals surface area contributed by atoms with Gasteiger partial charge in [-0.2, -0.15) is 13.2 Å². The van der Waals surface area contributed by atoms with Gasteiger partial charge in [-0.3, -0.25) is 4.79 Å². The van der Waals surface area contributed by atoms with Crippen LogP contribution in [0.5, 0.6) is 0 Å². The van der Waals surface area contributed by atoms with E-state index in [2.05, 4.69) is 4.98 Å². The maximum atomic E-state index is 12.3. The molecule has 0 saturated carbocycles. The van der Waals surface area contributed by atoms with Crippen LogP contribution in [0.2, 0.25) is 0 Å². The zero-order valence-corrected chi connectivity index (χ0v) is 10.7. The highest BCUT2D eigenvalue weighted by Crippen LogP contribution is 2.33. The second kappa shape index (κ2) is 4.76. The molecule has 0 aromatic carbocycles. The highest BCUT2D eigenvalue weighted by atomic mass is 32.1. The van der Waals surface area contributed by atoms with Gasteiger partial charge in [-0.1, -0.05) is 20.8 Å². The van der Waals surface area contributed by atoms with E-state index in [0.717, 1.165) is 0 Å². The van der Waals surface area contributed by atoms with Crippen molar-refractivity contribution in [3.05, 3.63) is 16.1 Å². The molecular formula is C11H14F3NOS. The maximum Gasteiger partial charge on any atom is 0.443 e. The van der Waals surface area contributed by atoms with E-state index in [0.29, 0.717) is 22.6 Å². The Labute approximate surface area is 102 Å². The van der Waals surface area contributed by atoms with E-state index in [1.165, 1.54) is 6.20 Å². The molecule has 2 nitrogen and oxygen atoms in total. The van der Waals surface area contributed by atoms with Crippen molar-refractivity contribution in [3.63, 3.8) is 0 Å². The third-order valence-electron chi connectivity index (χ3n) is 2.23. The van der Waals surface area contributed by atoms with Gasteiger partial charge in [0.05, 0.1) is 0 Å². The molecule has 0 saturated heterocycles. The molecule has 0 aliphatic rings. The van der Waals surface area contributed by atoms with E-state index < -0.39 is 16.6 Å². The van der Waals surface area contributed by atoms with Crippen LogP contribution in [0.3, 0.4) is 0 Å². The number of halogens is 3. The highest BCUT2D eigenvalue weighted by molar-refractivity contribution is 7.11. The summed E-state index contributed by atoms with van der Waals surface area (Å²) in [5.41, 5.74) is -0.447. The number of rotatable bonds is 3. The van der Waals surface area contributed by atoms with Gasteiger partial charge in [-0.05, 0) is 6.42 Å². The van der Waals surface area contributed by atoms with Crippen molar-refractivity contribution in [3.8, 4) is 0 Å². The molecule has 0 fully saturated rings. The number of Topliss-reactive ketones (excluding diaryl/α,β-unsaturated/α-hetero) is 1. The fraction of sp³-hybridized carbons (Fsp3) is 0.636. The molecule has 1 rings (SSSR count). The van der Waals surface area contributed by atoms with Gasteiger partial charge >= 0.3 is 6.18 Å². The molecule has 1 aromatic heterocycles. The zero-order valence-electron chi connectivity index (χ0n) is 9.89. The summed E-state index contributed by atoms with van der Waals surface area (Å²) in [6.45, 7) is 5.38. The van der Waals surface area contributed by atoms with Gasteiger partial charge in [-0.15, -0.1) is 11.3 Å². The largest absolute Gasteiger partial charge is 0.443 e. The maximum absolute atomic E-state index is 12.3. The molecule has 0 aliphatic heterocycles. The molecule has 1 aromatic rings. The first kappa shape index (κ1) is 14.2. The normalized spacial score (nSPS) is 12.8. The van der Waals surface area contributed by atoms with Crippen molar-refractivity contribution < 1.29 is 18.0 Å². The first-order chi connectivity index (χ1) is 7.60. The Hall–Kier alpha value is -0.910. The Morgan fingerprint density at radius 3 is 2.35 bits per heavy atom. The number of thiazole rings is 1. The monoisotopic (exact) mass is 265 g/mol. The van der Waals surface area contributed by atoms with Crippen LogP contribution in [-0.4, -0.2) is 10.8 Å². The second-order valence-corrected chi connectivity index (χ2v) is 5.92. The van der Waals surface area contributed by atoms with Gasteiger partial charge in [-0.25, -0.2) is 4.98 Å². The Balaban J connectivity index is 2.60. The molecule has 1 heterocycles. The van der Waals surface area contributed by atoms with Crippen molar-refractivity contribution >= 4 is 17.1 Å². The average molecular weight is 265 g/mol. The van der Waals surface area contributed by atoms with Crippen LogP contribution >= 0.6 is 11.3 Å². The fourth-order valence-electron chi connectivity index (χ4n) is 1.17. The van der Waals surface area contributed by atoms with Gasteiger partial charge in [0, 0.05) is 22.9 Å². The number of ketones is 1. The average Bonchev–Trinajstić information content (AvgIpc) is 2.59. The molecule has 6 heteroatoms. The standard InChI is InChI=1S/C11H14F3NOS/c1-10(2,3)8(16)5-4-7-6-15-9(17-7)11(12,13)14/h6H,4-5H2,1-3H3. The van der Waals surface area contributed by atoms with Gasteiger partial charge in [0.1, 0.15) is 5.78 Å². The van der Waals surface area contributed by atoms with Crippen molar-refractivity contribution in [2.24, 2.45) is 5.41 Å². The summed E-state index contributed by atoms with van der Waals surface area (Å²) in [5.74, 6) is 0.0412. The van der Waals surface area contributed by atoms with Crippen LogP contribution in [0.25, 0.3) is 0 Å². The Kier molecular flexibility index (Phi) is 3.96. The lowest BCUT2D eigenvalue weighted by atomic mass is 9.88. The molecule has 0 bridgehead atoms. The van der Waals surface area contributed by atoms with Crippen LogP contribution < -0.4 is 0 Å². The quantitative estimate of drug-likeness (QED) is 0.834. The number of aryl methyl sites for hydroxylation is 1. The number of carbonyl (C=O) groups excluding carboxylic acids is 1. The number of carbonyl (C=O) groups is 1. The number of aromatic nitrogens is 1. The minimum Gasteiger partial charge on any atom is -0.299 e. The summed E-state index contributed by atoms with van der Waals surface area (Å²) in [6, 6.07) is 0. The van der Waals surface area contributed by atoms with Crippen LogP contribution in [-0.2, 0) is 17.4 Å². The number of hydrogen-bond acceptors (Lipinski definition) is 3. The van der Waals surface area contributed by atoms with Gasteiger partial charge in [0.15, 0.2) is 5.01 Å². The van der Waals surface area contributed by atoms with E-state index >= 15 is 0 Å². The Morgan fingerprint density at radius 1 is 1.35 bits per heavy atom. The van der Waals surface area contributed by atoms with Crippen molar-refractivity contribution in [2.45, 2.75) is 39.8 Å². The third kappa shape index (κ3) is 4.11. The van der Waals surface area contributed by atoms with E-state index in [9.17, 15) is 18.0 Å². The lowest BCUT2D eigenvalue weighted by Crippen LogP contribution is -2.20. The molecule has 17 heavy (non-hydrogen) atoms. The van der Waals surface area contributed by atoms with Crippen molar-refractivity contribution in [2.75, 3.05) is 0 Å². The second-order valence-electron chi connectivity index (χ2n) is 4.80. The van der Waals surface area contributed by atoms with Gasteiger partial charge in [0.2, 0.25) is 0 Å². The van der Waals surface area contributed by atoms with E-state index in [1.54, 1.807) is 20.8 Å². The van der Waals surface area contributed by atoms with E-state index in [-0.39, 0.29) is 12.2 Å². The Morgan fingerprint density at radius 2 is 1.94 bits per heavy atom. The number of alkyl halides is 3. The predicted molar refractivity (Wildman–Crippen MR) is 59.9 cm³/mol. The van der Waals surface area contributed by atoms with Gasteiger partial charge in [0.25, 0.3) is 0 Å². The highest BCUT2D eigenvalue weighted by Gasteiger charge is 2.34. The molecule has 0 aliphatic carbocycles. The summed E-state index contributed by atoms with van der Waals surface area (Å²) in [4.78, 5) is 15.4. The SMILES string of the molecule is CC(C)(C)C(=O)CCc1cnc(C(F)(F)F)s1. The lowest BCUT2D eigenvalue weighted by molar-refractivity contribution is -0.137. The predicted octanol–water partition coefficient (Wildman–Crippen LogP) is 3.71. The van der Waals surface area contributed by atoms with Crippen LogP contribution in [0.4, 0.5) is 13.2 Å². The zero-order chi connectivity index (χ0) is 13.3. The molecule has 0 unspecified atom stereocenters. The number of hydrogen-bond donors (Lipinski definition) is 0. The summed E-state index contributed by atoms with van der Waals surface area (Å²) < 4.78 is 36.8. The minimum atomic E-state index is -4.39. The van der Waals surface area contributed by atoms with Crippen LogP contribution in [0.15, 0.2) is 6.20 Å². The van der Waals surface area contributed by atoms with E-state index in [4.69, 9.17) is 0 Å². The van der Waals surface area contributed by atoms with Crippen molar-refractivity contribution in [1.82, 2.24) is 4.98 Å². The van der Waals surface area contributed by atoms with Crippen LogP contribution in [0.1, 0.15) is 37.1 Å². The summed E-state index contributed by atoms with van der Waals surface area (Å²) in [5, 5.41) is -0.851. The smallest absolute Gasteiger partial charge is 0.299 e. The molecular weight excluding hydrogens is 251 g/mol. The summed E-state index contributed by atoms with van der Waals surface area (Å²) in [7, 11) is 0. The van der Waals surface area contributed by atoms with Crippen molar-refractivity contribution in [1.29, 1.82) is 0 Å². The topological polar surface area (TPSA) is 30.0 Å². The fourth-order valence-corrected chi connectivity index (χ4v) is 1.94. The van der Waals surface area contributed by atoms with Gasteiger partial charge < -0.3 is 0 Å². The molecule has 96 valence electrons. The molecule has 0 atom stereocenters.